The van der Waals surface area contributed by atoms with Gasteiger partial charge in [0.2, 0.25) is 0 Å². The molecule has 0 spiro atoms. The van der Waals surface area contributed by atoms with Crippen molar-refractivity contribution in [2.75, 3.05) is 19.6 Å². The van der Waals surface area contributed by atoms with Gasteiger partial charge in [0.1, 0.15) is 0 Å². The molecule has 1 rings (SSSR count). The van der Waals surface area contributed by atoms with Crippen molar-refractivity contribution in [2.24, 2.45) is 5.92 Å². The van der Waals surface area contributed by atoms with Crippen LogP contribution in [0.15, 0.2) is 0 Å². The van der Waals surface area contributed by atoms with Gasteiger partial charge in [-0.05, 0) is 58.0 Å². The Bertz CT molecular complexity index is 177. The zero-order valence-corrected chi connectivity index (χ0v) is 10.6. The first kappa shape index (κ1) is 13.0. The number of likely N-dealkylation sites (tertiary alicyclic amines) is 1. The molecule has 0 radical (unpaired) electrons. The molecule has 90 valence electrons. The Labute approximate surface area is 94.7 Å². The third-order valence-electron chi connectivity index (χ3n) is 3.41. The van der Waals surface area contributed by atoms with Crippen LogP contribution in [-0.2, 0) is 0 Å². The summed E-state index contributed by atoms with van der Waals surface area (Å²) in [7, 11) is 0. The second-order valence-corrected chi connectivity index (χ2v) is 5.73. The predicted octanol–water partition coefficient (Wildman–Crippen LogP) is 2.66. The smallest absolute Gasteiger partial charge is 0.0632 e. The van der Waals surface area contributed by atoms with Crippen LogP contribution in [0.1, 0.15) is 52.9 Å². The van der Waals surface area contributed by atoms with Crippen molar-refractivity contribution in [2.45, 2.75) is 58.5 Å². The Morgan fingerprint density at radius 3 is 2.67 bits per heavy atom. The summed E-state index contributed by atoms with van der Waals surface area (Å²) in [6.45, 7) is 10.0. The number of nitrogens with zero attached hydrogens (tertiary/aromatic N) is 1. The van der Waals surface area contributed by atoms with E-state index in [0.29, 0.717) is 0 Å². The Morgan fingerprint density at radius 2 is 2.00 bits per heavy atom. The molecule has 1 aliphatic rings. The van der Waals surface area contributed by atoms with Crippen molar-refractivity contribution in [3.05, 3.63) is 0 Å². The molecule has 0 aromatic carbocycles. The molecule has 0 bridgehead atoms. The van der Waals surface area contributed by atoms with Gasteiger partial charge in [-0.25, -0.2) is 0 Å². The summed E-state index contributed by atoms with van der Waals surface area (Å²) in [5.74, 6) is 0.820. The fraction of sp³-hybridized carbons (Fsp3) is 1.00. The van der Waals surface area contributed by atoms with Gasteiger partial charge in [-0.3, -0.25) is 0 Å². The van der Waals surface area contributed by atoms with Gasteiger partial charge < -0.3 is 10.0 Å². The lowest BCUT2D eigenvalue weighted by Crippen LogP contribution is -2.29. The highest BCUT2D eigenvalue weighted by Gasteiger charge is 2.24. The normalized spacial score (nSPS) is 29.4. The van der Waals surface area contributed by atoms with Gasteiger partial charge in [0.05, 0.1) is 5.60 Å². The minimum Gasteiger partial charge on any atom is -0.390 e. The van der Waals surface area contributed by atoms with Crippen LogP contribution in [0.25, 0.3) is 0 Å². The minimum atomic E-state index is -0.410. The summed E-state index contributed by atoms with van der Waals surface area (Å²) in [6, 6.07) is 0. The molecule has 0 aromatic rings. The second kappa shape index (κ2) is 5.86. The average molecular weight is 213 g/mol. The minimum absolute atomic E-state index is 0.410. The Balaban J connectivity index is 2.20. The van der Waals surface area contributed by atoms with Crippen molar-refractivity contribution >= 4 is 0 Å². The summed E-state index contributed by atoms with van der Waals surface area (Å²) >= 11 is 0. The maximum absolute atomic E-state index is 9.96. The lowest BCUT2D eigenvalue weighted by molar-refractivity contribution is 0.0446. The van der Waals surface area contributed by atoms with Crippen molar-refractivity contribution in [3.8, 4) is 0 Å². The van der Waals surface area contributed by atoms with E-state index in [9.17, 15) is 5.11 Å². The molecule has 1 atom stereocenters. The summed E-state index contributed by atoms with van der Waals surface area (Å²) in [5, 5.41) is 9.96. The molecule has 1 unspecified atom stereocenters. The summed E-state index contributed by atoms with van der Waals surface area (Å²) < 4.78 is 0. The van der Waals surface area contributed by atoms with Crippen LogP contribution in [0, 0.1) is 5.92 Å². The van der Waals surface area contributed by atoms with Crippen LogP contribution in [0.4, 0.5) is 0 Å². The molecule has 2 nitrogen and oxygen atoms in total. The topological polar surface area (TPSA) is 23.5 Å². The lowest BCUT2D eigenvalue weighted by atomic mass is 9.98. The third kappa shape index (κ3) is 5.53. The zero-order chi connectivity index (χ0) is 11.3. The highest BCUT2D eigenvalue weighted by atomic mass is 16.3. The highest BCUT2D eigenvalue weighted by molar-refractivity contribution is 4.78. The second-order valence-electron chi connectivity index (χ2n) is 5.73. The fourth-order valence-electron chi connectivity index (χ4n) is 2.27. The highest BCUT2D eigenvalue weighted by Crippen LogP contribution is 2.21. The number of hydrogen-bond acceptors (Lipinski definition) is 2. The third-order valence-corrected chi connectivity index (χ3v) is 3.41. The summed E-state index contributed by atoms with van der Waals surface area (Å²) in [6.07, 6.45) is 5.68. The first-order valence-electron chi connectivity index (χ1n) is 6.44. The van der Waals surface area contributed by atoms with Gasteiger partial charge in [0, 0.05) is 6.54 Å². The van der Waals surface area contributed by atoms with Crippen molar-refractivity contribution in [3.63, 3.8) is 0 Å². The first-order valence-corrected chi connectivity index (χ1v) is 6.44. The molecule has 1 fully saturated rings. The summed E-state index contributed by atoms with van der Waals surface area (Å²) in [5.41, 5.74) is -0.410. The molecule has 1 aliphatic heterocycles. The fourth-order valence-corrected chi connectivity index (χ4v) is 2.27. The van der Waals surface area contributed by atoms with Crippen molar-refractivity contribution in [1.29, 1.82) is 0 Å². The van der Waals surface area contributed by atoms with Crippen molar-refractivity contribution < 1.29 is 5.11 Å². The van der Waals surface area contributed by atoms with Gasteiger partial charge in [0.25, 0.3) is 0 Å². The van der Waals surface area contributed by atoms with Crippen molar-refractivity contribution in [1.82, 2.24) is 4.90 Å². The van der Waals surface area contributed by atoms with E-state index in [1.54, 1.807) is 0 Å². The van der Waals surface area contributed by atoms with Crippen LogP contribution in [0.3, 0.4) is 0 Å². The molecule has 2 heteroatoms. The van der Waals surface area contributed by atoms with Crippen LogP contribution >= 0.6 is 0 Å². The molecule has 1 heterocycles. The standard InChI is InChI=1S/C13H27NO/c1-12(2)6-4-9-14-10-5-7-13(3,15)8-11-14/h12,15H,4-11H2,1-3H3. The quantitative estimate of drug-likeness (QED) is 0.776. The molecule has 15 heavy (non-hydrogen) atoms. The van der Waals surface area contributed by atoms with E-state index >= 15 is 0 Å². The molecule has 1 N–H and O–H groups in total. The van der Waals surface area contributed by atoms with Gasteiger partial charge in [-0.15, -0.1) is 0 Å². The van der Waals surface area contributed by atoms with Crippen LogP contribution < -0.4 is 0 Å². The zero-order valence-electron chi connectivity index (χ0n) is 10.6. The lowest BCUT2D eigenvalue weighted by Gasteiger charge is -2.22. The molecule has 1 saturated heterocycles. The molecule has 0 amide bonds. The number of hydrogen-bond donors (Lipinski definition) is 1. The van der Waals surface area contributed by atoms with E-state index in [4.69, 9.17) is 0 Å². The predicted molar refractivity (Wildman–Crippen MR) is 65.0 cm³/mol. The number of aliphatic hydroxyl groups is 1. The van der Waals surface area contributed by atoms with Crippen LogP contribution in [0.2, 0.25) is 0 Å². The van der Waals surface area contributed by atoms with E-state index in [0.717, 1.165) is 31.7 Å². The maximum Gasteiger partial charge on any atom is 0.0632 e. The molecule has 0 aromatic heterocycles. The van der Waals surface area contributed by atoms with Gasteiger partial charge in [-0.2, -0.15) is 0 Å². The largest absolute Gasteiger partial charge is 0.390 e. The molecule has 0 saturated carbocycles. The van der Waals surface area contributed by atoms with Gasteiger partial charge in [0.15, 0.2) is 0 Å². The molecular weight excluding hydrogens is 186 g/mol. The van der Waals surface area contributed by atoms with Gasteiger partial charge >= 0.3 is 0 Å². The monoisotopic (exact) mass is 213 g/mol. The van der Waals surface area contributed by atoms with Gasteiger partial charge in [-0.1, -0.05) is 13.8 Å². The van der Waals surface area contributed by atoms with E-state index in [1.807, 2.05) is 6.92 Å². The van der Waals surface area contributed by atoms with Crippen LogP contribution in [-0.4, -0.2) is 35.2 Å². The van der Waals surface area contributed by atoms with E-state index in [1.165, 1.54) is 25.9 Å². The summed E-state index contributed by atoms with van der Waals surface area (Å²) in [4.78, 5) is 2.52. The van der Waals surface area contributed by atoms with E-state index in [-0.39, 0.29) is 0 Å². The van der Waals surface area contributed by atoms with Crippen LogP contribution in [0.5, 0.6) is 0 Å². The molecular formula is C13H27NO. The van der Waals surface area contributed by atoms with E-state index in [2.05, 4.69) is 18.7 Å². The Hall–Kier alpha value is -0.0800. The first-order chi connectivity index (χ1) is 6.99. The average Bonchev–Trinajstić information content (AvgIpc) is 2.27. The maximum atomic E-state index is 9.96. The Morgan fingerprint density at radius 1 is 1.27 bits per heavy atom. The Kier molecular flexibility index (Phi) is 5.07. The number of rotatable bonds is 4. The molecule has 0 aliphatic carbocycles. The van der Waals surface area contributed by atoms with E-state index < -0.39 is 5.60 Å². The SMILES string of the molecule is CC(C)CCCN1CCCC(C)(O)CC1.